The summed E-state index contributed by atoms with van der Waals surface area (Å²) in [6.07, 6.45) is 0. The fraction of sp³-hybridized carbons (Fsp3) is 0.478. The third-order valence-electron chi connectivity index (χ3n) is 5.60. The first-order valence-corrected chi connectivity index (χ1v) is 11.0. The number of piperazine rings is 1. The predicted molar refractivity (Wildman–Crippen MR) is 123 cm³/mol. The minimum absolute atomic E-state index is 0.00551. The molecule has 3 heterocycles. The number of carbonyl (C=O) groups is 1. The summed E-state index contributed by atoms with van der Waals surface area (Å²) >= 11 is 0. The van der Waals surface area contributed by atoms with E-state index in [2.05, 4.69) is 15.0 Å². The number of hydrogen-bond donors (Lipinski definition) is 0. The van der Waals surface area contributed by atoms with Crippen LogP contribution in [-0.2, 0) is 7.05 Å². The molecule has 170 valence electrons. The van der Waals surface area contributed by atoms with Crippen LogP contribution in [0.3, 0.4) is 0 Å². The molecule has 0 saturated carbocycles. The first-order chi connectivity index (χ1) is 15.4. The zero-order valence-corrected chi connectivity index (χ0v) is 19.4. The summed E-state index contributed by atoms with van der Waals surface area (Å²) in [4.78, 5) is 26.5. The van der Waals surface area contributed by atoms with Gasteiger partial charge < -0.3 is 19.3 Å². The number of fused-ring (bicyclic) bond motifs is 1. The Morgan fingerprint density at radius 1 is 1.00 bits per heavy atom. The predicted octanol–water partition coefficient (Wildman–Crippen LogP) is 2.74. The van der Waals surface area contributed by atoms with Crippen LogP contribution in [0.25, 0.3) is 11.0 Å². The van der Waals surface area contributed by atoms with Gasteiger partial charge in [0.1, 0.15) is 16.9 Å². The fourth-order valence-corrected chi connectivity index (χ4v) is 4.13. The fourth-order valence-electron chi connectivity index (χ4n) is 4.13. The molecule has 4 rings (SSSR count). The van der Waals surface area contributed by atoms with Gasteiger partial charge in [-0.25, -0.2) is 9.97 Å². The third-order valence-corrected chi connectivity index (χ3v) is 5.60. The van der Waals surface area contributed by atoms with Crippen LogP contribution in [0.15, 0.2) is 18.2 Å². The highest BCUT2D eigenvalue weighted by molar-refractivity contribution is 5.95. The van der Waals surface area contributed by atoms with E-state index in [1.54, 1.807) is 12.1 Å². The molecule has 32 heavy (non-hydrogen) atoms. The average molecular weight is 439 g/mol. The van der Waals surface area contributed by atoms with Gasteiger partial charge in [0.15, 0.2) is 17.3 Å². The Balaban J connectivity index is 1.52. The lowest BCUT2D eigenvalue weighted by molar-refractivity contribution is 0.0746. The first kappa shape index (κ1) is 21.9. The summed E-state index contributed by atoms with van der Waals surface area (Å²) in [5.74, 6) is 2.85. The molecular weight excluding hydrogens is 408 g/mol. The lowest BCUT2D eigenvalue weighted by Gasteiger charge is -2.35. The maximum absolute atomic E-state index is 13.2. The summed E-state index contributed by atoms with van der Waals surface area (Å²) in [7, 11) is 1.92. The number of anilines is 1. The van der Waals surface area contributed by atoms with Crippen LogP contribution in [0.2, 0.25) is 0 Å². The van der Waals surface area contributed by atoms with E-state index in [4.69, 9.17) is 14.5 Å². The molecule has 1 aromatic carbocycles. The number of carbonyl (C=O) groups excluding carboxylic acids is 1. The van der Waals surface area contributed by atoms with Gasteiger partial charge in [0, 0.05) is 38.8 Å². The Morgan fingerprint density at radius 3 is 2.38 bits per heavy atom. The van der Waals surface area contributed by atoms with Gasteiger partial charge in [-0.2, -0.15) is 5.10 Å². The molecule has 9 nitrogen and oxygen atoms in total. The van der Waals surface area contributed by atoms with Crippen LogP contribution >= 0.6 is 0 Å². The van der Waals surface area contributed by atoms with Crippen LogP contribution in [0.4, 0.5) is 5.82 Å². The van der Waals surface area contributed by atoms with Gasteiger partial charge in [-0.15, -0.1) is 0 Å². The Kier molecular flexibility index (Phi) is 6.16. The summed E-state index contributed by atoms with van der Waals surface area (Å²) in [5, 5.41) is 4.51. The van der Waals surface area contributed by atoms with Crippen molar-refractivity contribution >= 4 is 22.8 Å². The largest absolute Gasteiger partial charge is 0.490 e. The van der Waals surface area contributed by atoms with Crippen molar-refractivity contribution in [1.82, 2.24) is 24.6 Å². The molecule has 1 aliphatic heterocycles. The van der Waals surface area contributed by atoms with E-state index in [0.29, 0.717) is 56.5 Å². The van der Waals surface area contributed by atoms with Crippen LogP contribution in [-0.4, -0.2) is 69.9 Å². The molecule has 1 amide bonds. The zero-order valence-electron chi connectivity index (χ0n) is 19.4. The van der Waals surface area contributed by atoms with Crippen molar-refractivity contribution < 1.29 is 14.3 Å². The molecule has 0 unspecified atom stereocenters. The molecule has 0 atom stereocenters. The molecule has 9 heteroatoms. The Labute approximate surface area is 187 Å². The molecule has 2 aromatic heterocycles. The third kappa shape index (κ3) is 4.06. The number of aryl methyl sites for hydroxylation is 3. The van der Waals surface area contributed by atoms with Gasteiger partial charge in [0.05, 0.1) is 18.9 Å². The van der Waals surface area contributed by atoms with E-state index >= 15 is 0 Å². The van der Waals surface area contributed by atoms with E-state index in [0.717, 1.165) is 28.4 Å². The quantitative estimate of drug-likeness (QED) is 0.585. The molecule has 0 bridgehead atoms. The van der Waals surface area contributed by atoms with Crippen molar-refractivity contribution in [1.29, 1.82) is 0 Å². The molecular formula is C23H30N6O3. The van der Waals surface area contributed by atoms with Gasteiger partial charge in [-0.3, -0.25) is 9.48 Å². The van der Waals surface area contributed by atoms with Crippen LogP contribution < -0.4 is 14.4 Å². The highest BCUT2D eigenvalue weighted by Crippen LogP contribution is 2.30. The van der Waals surface area contributed by atoms with Crippen molar-refractivity contribution in [3.8, 4) is 11.5 Å². The lowest BCUT2D eigenvalue weighted by atomic mass is 10.1. The summed E-state index contributed by atoms with van der Waals surface area (Å²) in [6, 6.07) is 5.39. The SMILES string of the molecule is CCOc1ccc(C(=O)N2CCN(c3nc(C)nc4c(C)nn(C)c34)CC2)cc1OCC. The minimum Gasteiger partial charge on any atom is -0.490 e. The van der Waals surface area contributed by atoms with Gasteiger partial charge in [-0.05, 0) is 45.9 Å². The van der Waals surface area contributed by atoms with Crippen LogP contribution in [0.1, 0.15) is 35.7 Å². The second kappa shape index (κ2) is 9.02. The van der Waals surface area contributed by atoms with Crippen LogP contribution in [0, 0.1) is 13.8 Å². The summed E-state index contributed by atoms with van der Waals surface area (Å²) < 4.78 is 13.1. The van der Waals surface area contributed by atoms with Crippen molar-refractivity contribution in [3.05, 3.63) is 35.3 Å². The standard InChI is InChI=1S/C23H30N6O3/c1-6-31-18-9-8-17(14-19(18)32-7-2)23(30)29-12-10-28(11-13-29)22-21-20(24-16(4)25-22)15(3)26-27(21)5/h8-9,14H,6-7,10-13H2,1-5H3. The van der Waals surface area contributed by atoms with Crippen molar-refractivity contribution in [2.75, 3.05) is 44.3 Å². The number of nitrogens with zero attached hydrogens (tertiary/aromatic N) is 6. The lowest BCUT2D eigenvalue weighted by Crippen LogP contribution is -2.49. The molecule has 0 radical (unpaired) electrons. The topological polar surface area (TPSA) is 85.6 Å². The minimum atomic E-state index is -0.00551. The molecule has 0 N–H and O–H groups in total. The highest BCUT2D eigenvalue weighted by Gasteiger charge is 2.26. The molecule has 1 fully saturated rings. The van der Waals surface area contributed by atoms with E-state index < -0.39 is 0 Å². The van der Waals surface area contributed by atoms with Crippen LogP contribution in [0.5, 0.6) is 11.5 Å². The zero-order chi connectivity index (χ0) is 22.8. The van der Waals surface area contributed by atoms with Gasteiger partial charge in [0.2, 0.25) is 0 Å². The van der Waals surface area contributed by atoms with E-state index in [1.807, 2.05) is 50.4 Å². The second-order valence-corrected chi connectivity index (χ2v) is 7.81. The summed E-state index contributed by atoms with van der Waals surface area (Å²) in [6.45, 7) is 11.4. The Hall–Kier alpha value is -3.36. The number of rotatable bonds is 6. The normalized spacial score (nSPS) is 14.2. The van der Waals surface area contributed by atoms with Crippen molar-refractivity contribution in [3.63, 3.8) is 0 Å². The van der Waals surface area contributed by atoms with Crippen molar-refractivity contribution in [2.24, 2.45) is 7.05 Å². The average Bonchev–Trinajstić information content (AvgIpc) is 3.07. The number of hydrogen-bond acceptors (Lipinski definition) is 7. The molecule has 0 aliphatic carbocycles. The van der Waals surface area contributed by atoms with Gasteiger partial charge in [-0.1, -0.05) is 0 Å². The molecule has 0 spiro atoms. The number of benzene rings is 1. The van der Waals surface area contributed by atoms with E-state index in [9.17, 15) is 4.79 Å². The Morgan fingerprint density at radius 2 is 1.69 bits per heavy atom. The summed E-state index contributed by atoms with van der Waals surface area (Å²) in [5.41, 5.74) is 3.31. The maximum Gasteiger partial charge on any atom is 0.254 e. The van der Waals surface area contributed by atoms with E-state index in [1.165, 1.54) is 0 Å². The second-order valence-electron chi connectivity index (χ2n) is 7.81. The molecule has 3 aromatic rings. The molecule has 1 saturated heterocycles. The Bertz CT molecular complexity index is 1130. The number of amides is 1. The van der Waals surface area contributed by atoms with Gasteiger partial charge in [0.25, 0.3) is 5.91 Å². The van der Waals surface area contributed by atoms with Gasteiger partial charge >= 0.3 is 0 Å². The molecule has 1 aliphatic rings. The number of ether oxygens (including phenoxy) is 2. The monoisotopic (exact) mass is 438 g/mol. The smallest absolute Gasteiger partial charge is 0.254 e. The highest BCUT2D eigenvalue weighted by atomic mass is 16.5. The first-order valence-electron chi connectivity index (χ1n) is 11.0. The van der Waals surface area contributed by atoms with E-state index in [-0.39, 0.29) is 5.91 Å². The number of aromatic nitrogens is 4. The maximum atomic E-state index is 13.2. The van der Waals surface area contributed by atoms with Crippen molar-refractivity contribution in [2.45, 2.75) is 27.7 Å².